The lowest BCUT2D eigenvalue weighted by molar-refractivity contribution is 0.0595. The Morgan fingerprint density at radius 2 is 1.75 bits per heavy atom. The summed E-state index contributed by atoms with van der Waals surface area (Å²) in [7, 11) is 0. The predicted molar refractivity (Wildman–Crippen MR) is 111 cm³/mol. The Morgan fingerprint density at radius 1 is 1.00 bits per heavy atom. The lowest BCUT2D eigenvalue weighted by Crippen LogP contribution is -2.50. The molecule has 3 heterocycles. The maximum Gasteiger partial charge on any atom is 0.261 e. The largest absolute Gasteiger partial charge is 0.336 e. The van der Waals surface area contributed by atoms with E-state index < -0.39 is 0 Å². The van der Waals surface area contributed by atoms with Crippen molar-refractivity contribution in [1.29, 1.82) is 0 Å². The van der Waals surface area contributed by atoms with Gasteiger partial charge in [0.1, 0.15) is 5.82 Å². The second-order valence-corrected chi connectivity index (χ2v) is 8.30. The molecule has 1 fully saturated rings. The van der Waals surface area contributed by atoms with E-state index in [-0.39, 0.29) is 11.5 Å². The lowest BCUT2D eigenvalue weighted by atomic mass is 10.1. The van der Waals surface area contributed by atoms with Crippen molar-refractivity contribution in [3.63, 3.8) is 0 Å². The molecule has 1 amide bonds. The van der Waals surface area contributed by atoms with Crippen molar-refractivity contribution in [2.45, 2.75) is 58.5 Å². The van der Waals surface area contributed by atoms with Gasteiger partial charge in [0.05, 0.1) is 10.9 Å². The molecule has 0 aliphatic carbocycles. The molecule has 0 spiro atoms. The molecule has 0 atom stereocenters. The zero-order chi connectivity index (χ0) is 19.7. The van der Waals surface area contributed by atoms with Crippen molar-refractivity contribution in [1.82, 2.24) is 19.4 Å². The molecular weight excluding hydrogens is 352 g/mol. The smallest absolute Gasteiger partial charge is 0.261 e. The van der Waals surface area contributed by atoms with Crippen LogP contribution in [0.25, 0.3) is 10.9 Å². The van der Waals surface area contributed by atoms with Crippen molar-refractivity contribution in [2.24, 2.45) is 0 Å². The van der Waals surface area contributed by atoms with Gasteiger partial charge in [-0.05, 0) is 44.9 Å². The summed E-state index contributed by atoms with van der Waals surface area (Å²) in [6.07, 6.45) is 5.28. The van der Waals surface area contributed by atoms with Crippen LogP contribution >= 0.6 is 0 Å². The van der Waals surface area contributed by atoms with Crippen molar-refractivity contribution >= 4 is 16.8 Å². The summed E-state index contributed by atoms with van der Waals surface area (Å²) in [6.45, 7) is 8.43. The number of carbonyl (C=O) groups is 1. The summed E-state index contributed by atoms with van der Waals surface area (Å²) in [5.74, 6) is 0.909. The fourth-order valence-electron chi connectivity index (χ4n) is 4.35. The van der Waals surface area contributed by atoms with Gasteiger partial charge in [-0.2, -0.15) is 0 Å². The molecule has 1 saturated heterocycles. The number of aryl methyl sites for hydroxylation is 1. The van der Waals surface area contributed by atoms with E-state index >= 15 is 0 Å². The molecule has 0 N–H and O–H groups in total. The van der Waals surface area contributed by atoms with Crippen LogP contribution in [0.2, 0.25) is 0 Å². The van der Waals surface area contributed by atoms with E-state index in [4.69, 9.17) is 4.98 Å². The van der Waals surface area contributed by atoms with Gasteiger partial charge in [0.2, 0.25) is 0 Å². The molecule has 0 unspecified atom stereocenters. The fourth-order valence-corrected chi connectivity index (χ4v) is 4.35. The van der Waals surface area contributed by atoms with Crippen LogP contribution in [-0.4, -0.2) is 57.5 Å². The van der Waals surface area contributed by atoms with Crippen LogP contribution in [0.4, 0.5) is 0 Å². The normalized spacial score (nSPS) is 18.8. The zero-order valence-electron chi connectivity index (χ0n) is 17.0. The minimum Gasteiger partial charge on any atom is -0.336 e. The van der Waals surface area contributed by atoms with E-state index in [2.05, 4.69) is 18.7 Å². The number of hydrogen-bond acceptors (Lipinski definition) is 4. The van der Waals surface area contributed by atoms with E-state index in [1.807, 2.05) is 15.5 Å². The standard InChI is InChI=1S/C22H30N4O2/c1-16(2)24-11-13-25(14-12-24)21(27)17-8-9-18-19(15-17)23-20-7-5-3-4-6-10-26(20)22(18)28/h8-9,15-16H,3-7,10-14H2,1-2H3. The van der Waals surface area contributed by atoms with Crippen molar-refractivity contribution in [3.05, 3.63) is 39.9 Å². The molecule has 150 valence electrons. The maximum absolute atomic E-state index is 13.0. The molecule has 4 rings (SSSR count). The number of aromatic nitrogens is 2. The topological polar surface area (TPSA) is 58.4 Å². The lowest BCUT2D eigenvalue weighted by Gasteiger charge is -2.37. The van der Waals surface area contributed by atoms with Crippen LogP contribution in [-0.2, 0) is 13.0 Å². The van der Waals surface area contributed by atoms with Gasteiger partial charge in [0.25, 0.3) is 11.5 Å². The molecule has 2 aliphatic heterocycles. The molecule has 0 radical (unpaired) electrons. The van der Waals surface area contributed by atoms with E-state index in [0.29, 0.717) is 22.5 Å². The maximum atomic E-state index is 13.0. The SMILES string of the molecule is CC(C)N1CCN(C(=O)c2ccc3c(=O)n4c(nc3c2)CCCCCC4)CC1. The van der Waals surface area contributed by atoms with Crippen LogP contribution in [0.5, 0.6) is 0 Å². The number of rotatable bonds is 2. The highest BCUT2D eigenvalue weighted by Crippen LogP contribution is 2.18. The Labute approximate surface area is 166 Å². The Morgan fingerprint density at radius 3 is 2.50 bits per heavy atom. The zero-order valence-corrected chi connectivity index (χ0v) is 17.0. The van der Waals surface area contributed by atoms with Gasteiger partial charge in [-0.1, -0.05) is 12.8 Å². The van der Waals surface area contributed by atoms with Gasteiger partial charge in [-0.15, -0.1) is 0 Å². The fraction of sp³-hybridized carbons (Fsp3) is 0.591. The molecule has 0 saturated carbocycles. The third-order valence-corrected chi connectivity index (χ3v) is 6.15. The second-order valence-electron chi connectivity index (χ2n) is 8.30. The Balaban J connectivity index is 1.61. The molecule has 1 aromatic carbocycles. The number of carbonyl (C=O) groups excluding carboxylic acids is 1. The Kier molecular flexibility index (Phi) is 5.49. The highest BCUT2D eigenvalue weighted by molar-refractivity contribution is 5.97. The minimum atomic E-state index is 0.0337. The van der Waals surface area contributed by atoms with E-state index in [0.717, 1.165) is 57.8 Å². The summed E-state index contributed by atoms with van der Waals surface area (Å²) in [5.41, 5.74) is 1.32. The highest BCUT2D eigenvalue weighted by Gasteiger charge is 2.24. The molecule has 28 heavy (non-hydrogen) atoms. The molecule has 6 nitrogen and oxygen atoms in total. The van der Waals surface area contributed by atoms with Crippen LogP contribution in [0.1, 0.15) is 55.7 Å². The first kappa shape index (κ1) is 19.1. The summed E-state index contributed by atoms with van der Waals surface area (Å²) in [5, 5.41) is 0.616. The van der Waals surface area contributed by atoms with Crippen LogP contribution in [0.3, 0.4) is 0 Å². The molecule has 1 aromatic heterocycles. The van der Waals surface area contributed by atoms with Crippen LogP contribution in [0, 0.1) is 0 Å². The average Bonchev–Trinajstić information content (AvgIpc) is 2.68. The third kappa shape index (κ3) is 3.70. The second kappa shape index (κ2) is 8.03. The molecular formula is C22H30N4O2. The third-order valence-electron chi connectivity index (χ3n) is 6.15. The first-order chi connectivity index (χ1) is 13.5. The van der Waals surface area contributed by atoms with Crippen molar-refractivity contribution in [2.75, 3.05) is 26.2 Å². The van der Waals surface area contributed by atoms with Gasteiger partial charge in [-0.3, -0.25) is 19.1 Å². The van der Waals surface area contributed by atoms with Gasteiger partial charge in [-0.25, -0.2) is 4.98 Å². The highest BCUT2D eigenvalue weighted by atomic mass is 16.2. The van der Waals surface area contributed by atoms with E-state index in [1.165, 1.54) is 12.8 Å². The Hall–Kier alpha value is -2.21. The Bertz CT molecular complexity index is 926. The summed E-state index contributed by atoms with van der Waals surface area (Å²) < 4.78 is 1.84. The number of benzene rings is 1. The molecule has 2 aromatic rings. The first-order valence-corrected chi connectivity index (χ1v) is 10.6. The van der Waals surface area contributed by atoms with Crippen molar-refractivity contribution < 1.29 is 4.79 Å². The summed E-state index contributed by atoms with van der Waals surface area (Å²) >= 11 is 0. The first-order valence-electron chi connectivity index (χ1n) is 10.6. The van der Waals surface area contributed by atoms with Crippen LogP contribution < -0.4 is 5.56 Å². The number of hydrogen-bond donors (Lipinski definition) is 0. The summed E-state index contributed by atoms with van der Waals surface area (Å²) in [4.78, 5) is 35.0. The van der Waals surface area contributed by atoms with Gasteiger partial charge < -0.3 is 4.90 Å². The van der Waals surface area contributed by atoms with Crippen molar-refractivity contribution in [3.8, 4) is 0 Å². The molecule has 2 aliphatic rings. The number of amides is 1. The van der Waals surface area contributed by atoms with Gasteiger partial charge >= 0.3 is 0 Å². The monoisotopic (exact) mass is 382 g/mol. The molecule has 6 heteroatoms. The number of piperazine rings is 1. The van der Waals surface area contributed by atoms with E-state index in [9.17, 15) is 9.59 Å². The summed E-state index contributed by atoms with van der Waals surface area (Å²) in [6, 6.07) is 5.90. The number of nitrogens with zero attached hydrogens (tertiary/aromatic N) is 4. The van der Waals surface area contributed by atoms with Crippen LogP contribution in [0.15, 0.2) is 23.0 Å². The van der Waals surface area contributed by atoms with E-state index in [1.54, 1.807) is 12.1 Å². The number of fused-ring (bicyclic) bond motifs is 2. The average molecular weight is 383 g/mol. The molecule has 0 bridgehead atoms. The van der Waals surface area contributed by atoms with Gasteiger partial charge in [0.15, 0.2) is 0 Å². The minimum absolute atomic E-state index is 0.0337. The predicted octanol–water partition coefficient (Wildman–Crippen LogP) is 2.68. The van der Waals surface area contributed by atoms with Gasteiger partial charge in [0, 0.05) is 50.7 Å². The quantitative estimate of drug-likeness (QED) is 0.801.